The fourth-order valence-electron chi connectivity index (χ4n) is 1.42. The Bertz CT molecular complexity index is 531. The largest absolute Gasteiger partial charge is 0.477 e. The zero-order valence-electron chi connectivity index (χ0n) is 9.10. The highest BCUT2D eigenvalue weighted by Gasteiger charge is 2.11. The van der Waals surface area contributed by atoms with Crippen molar-refractivity contribution in [2.24, 2.45) is 5.92 Å². The third-order valence-corrected chi connectivity index (χ3v) is 2.10. The van der Waals surface area contributed by atoms with Gasteiger partial charge in [-0.25, -0.2) is 9.78 Å². The molecule has 0 atom stereocenters. The van der Waals surface area contributed by atoms with E-state index in [1.54, 1.807) is 6.07 Å². The summed E-state index contributed by atoms with van der Waals surface area (Å²) in [4.78, 5) is 18.8. The fourth-order valence-corrected chi connectivity index (χ4v) is 1.42. The van der Waals surface area contributed by atoms with Gasteiger partial charge in [0.15, 0.2) is 22.8 Å². The maximum Gasteiger partial charge on any atom is 0.354 e. The van der Waals surface area contributed by atoms with E-state index in [9.17, 15) is 4.79 Å². The highest BCUT2D eigenvalue weighted by atomic mass is 16.4. The number of aromatic nitrogens is 2. The Hall–Kier alpha value is -1.91. The Labute approximate surface area is 92.1 Å². The standard InChI is InChI=1S/C11H12N2O3/c1-6(2)5-9-13-10-8(16-9)4-3-7(12-10)11(14)15/h3-4,6H,5H2,1-2H3,(H,14,15). The molecule has 0 aliphatic rings. The minimum Gasteiger partial charge on any atom is -0.477 e. The molecule has 0 aliphatic carbocycles. The van der Waals surface area contributed by atoms with E-state index in [0.29, 0.717) is 23.0 Å². The van der Waals surface area contributed by atoms with E-state index < -0.39 is 5.97 Å². The van der Waals surface area contributed by atoms with E-state index in [2.05, 4.69) is 23.8 Å². The average Bonchev–Trinajstić information content (AvgIpc) is 2.56. The van der Waals surface area contributed by atoms with Gasteiger partial charge in [-0.15, -0.1) is 0 Å². The summed E-state index contributed by atoms with van der Waals surface area (Å²) in [6, 6.07) is 3.00. The topological polar surface area (TPSA) is 76.2 Å². The molecular weight excluding hydrogens is 208 g/mol. The Kier molecular flexibility index (Phi) is 2.60. The normalized spacial score (nSPS) is 11.2. The van der Waals surface area contributed by atoms with Crippen LogP contribution < -0.4 is 0 Å². The molecule has 2 aromatic heterocycles. The van der Waals surface area contributed by atoms with Crippen molar-refractivity contribution in [2.75, 3.05) is 0 Å². The maximum absolute atomic E-state index is 10.7. The number of pyridine rings is 1. The third-order valence-electron chi connectivity index (χ3n) is 2.10. The van der Waals surface area contributed by atoms with Crippen LogP contribution in [0.1, 0.15) is 30.2 Å². The number of hydrogen-bond acceptors (Lipinski definition) is 4. The highest BCUT2D eigenvalue weighted by molar-refractivity contribution is 5.87. The summed E-state index contributed by atoms with van der Waals surface area (Å²) in [6.45, 7) is 4.12. The SMILES string of the molecule is CC(C)Cc1nc2nc(C(=O)O)ccc2o1. The molecule has 0 fully saturated rings. The van der Waals surface area contributed by atoms with Crippen LogP contribution in [0.5, 0.6) is 0 Å². The van der Waals surface area contributed by atoms with Gasteiger partial charge in [0.05, 0.1) is 0 Å². The van der Waals surface area contributed by atoms with E-state index in [1.165, 1.54) is 6.07 Å². The molecule has 2 rings (SSSR count). The smallest absolute Gasteiger partial charge is 0.354 e. The molecule has 1 N–H and O–H groups in total. The molecule has 0 aliphatic heterocycles. The van der Waals surface area contributed by atoms with Crippen molar-refractivity contribution in [1.29, 1.82) is 0 Å². The lowest BCUT2D eigenvalue weighted by Crippen LogP contribution is -1.99. The number of nitrogens with zero attached hydrogens (tertiary/aromatic N) is 2. The number of carboxylic acid groups (broad SMARTS) is 1. The predicted octanol–water partition coefficient (Wildman–Crippen LogP) is 2.12. The van der Waals surface area contributed by atoms with E-state index >= 15 is 0 Å². The fraction of sp³-hybridized carbons (Fsp3) is 0.364. The van der Waals surface area contributed by atoms with Gasteiger partial charge in [-0.2, -0.15) is 4.98 Å². The van der Waals surface area contributed by atoms with Gasteiger partial charge in [-0.3, -0.25) is 0 Å². The van der Waals surface area contributed by atoms with E-state index in [1.807, 2.05) is 0 Å². The summed E-state index contributed by atoms with van der Waals surface area (Å²) in [7, 11) is 0. The Morgan fingerprint density at radius 1 is 1.44 bits per heavy atom. The number of carbonyl (C=O) groups is 1. The summed E-state index contributed by atoms with van der Waals surface area (Å²) in [5.74, 6) is -0.0256. The van der Waals surface area contributed by atoms with Crippen molar-refractivity contribution in [3.05, 3.63) is 23.7 Å². The summed E-state index contributed by atoms with van der Waals surface area (Å²) in [5.41, 5.74) is 0.869. The van der Waals surface area contributed by atoms with Crippen molar-refractivity contribution >= 4 is 17.2 Å². The second kappa shape index (κ2) is 3.92. The van der Waals surface area contributed by atoms with E-state index in [0.717, 1.165) is 6.42 Å². The second-order valence-electron chi connectivity index (χ2n) is 4.03. The van der Waals surface area contributed by atoms with Crippen molar-refractivity contribution in [3.8, 4) is 0 Å². The van der Waals surface area contributed by atoms with Gasteiger partial charge in [0.25, 0.3) is 0 Å². The number of aromatic carboxylic acids is 1. The summed E-state index contributed by atoms with van der Waals surface area (Å²) < 4.78 is 5.45. The van der Waals surface area contributed by atoms with E-state index in [4.69, 9.17) is 9.52 Å². The van der Waals surface area contributed by atoms with Crippen LogP contribution >= 0.6 is 0 Å². The minimum atomic E-state index is -1.06. The molecule has 5 nitrogen and oxygen atoms in total. The first-order valence-electron chi connectivity index (χ1n) is 5.06. The lowest BCUT2D eigenvalue weighted by atomic mass is 10.1. The molecule has 0 saturated heterocycles. The first-order valence-corrected chi connectivity index (χ1v) is 5.06. The van der Waals surface area contributed by atoms with Crippen molar-refractivity contribution in [1.82, 2.24) is 9.97 Å². The van der Waals surface area contributed by atoms with Crippen LogP contribution in [0, 0.1) is 5.92 Å². The van der Waals surface area contributed by atoms with Crippen LogP contribution in [0.4, 0.5) is 0 Å². The van der Waals surface area contributed by atoms with Gasteiger partial charge in [0.2, 0.25) is 0 Å². The molecule has 16 heavy (non-hydrogen) atoms. The van der Waals surface area contributed by atoms with Gasteiger partial charge >= 0.3 is 5.97 Å². The van der Waals surface area contributed by atoms with Crippen LogP contribution in [0.3, 0.4) is 0 Å². The van der Waals surface area contributed by atoms with Crippen LogP contribution in [0.15, 0.2) is 16.5 Å². The molecular formula is C11H12N2O3. The quantitative estimate of drug-likeness (QED) is 0.857. The van der Waals surface area contributed by atoms with Crippen LogP contribution in [0.25, 0.3) is 11.2 Å². The number of fused-ring (bicyclic) bond motifs is 1. The van der Waals surface area contributed by atoms with Gasteiger partial charge in [-0.05, 0) is 18.1 Å². The monoisotopic (exact) mass is 220 g/mol. The van der Waals surface area contributed by atoms with Gasteiger partial charge in [0, 0.05) is 6.42 Å². The second-order valence-corrected chi connectivity index (χ2v) is 4.03. The van der Waals surface area contributed by atoms with Crippen LogP contribution in [0.2, 0.25) is 0 Å². The summed E-state index contributed by atoms with van der Waals surface area (Å²) >= 11 is 0. The van der Waals surface area contributed by atoms with Crippen LogP contribution in [-0.4, -0.2) is 21.0 Å². The number of oxazole rings is 1. The molecule has 2 heterocycles. The molecule has 0 bridgehead atoms. The first-order chi connectivity index (χ1) is 7.56. The third kappa shape index (κ3) is 2.03. The number of hydrogen-bond donors (Lipinski definition) is 1. The van der Waals surface area contributed by atoms with Crippen LogP contribution in [-0.2, 0) is 6.42 Å². The summed E-state index contributed by atoms with van der Waals surface area (Å²) in [5, 5.41) is 8.78. The molecule has 84 valence electrons. The van der Waals surface area contributed by atoms with Gasteiger partial charge in [0.1, 0.15) is 0 Å². The zero-order valence-corrected chi connectivity index (χ0v) is 9.10. The minimum absolute atomic E-state index is 0.0168. The molecule has 0 aromatic carbocycles. The Morgan fingerprint density at radius 2 is 2.19 bits per heavy atom. The predicted molar refractivity (Wildman–Crippen MR) is 57.3 cm³/mol. The average molecular weight is 220 g/mol. The zero-order chi connectivity index (χ0) is 11.7. The van der Waals surface area contributed by atoms with Gasteiger partial charge in [-0.1, -0.05) is 13.8 Å². The lowest BCUT2D eigenvalue weighted by Gasteiger charge is -1.96. The first kappa shape index (κ1) is 10.6. The lowest BCUT2D eigenvalue weighted by molar-refractivity contribution is 0.0691. The van der Waals surface area contributed by atoms with Crippen molar-refractivity contribution in [3.63, 3.8) is 0 Å². The van der Waals surface area contributed by atoms with Crippen molar-refractivity contribution < 1.29 is 14.3 Å². The number of carboxylic acids is 1. The van der Waals surface area contributed by atoms with E-state index in [-0.39, 0.29) is 5.69 Å². The van der Waals surface area contributed by atoms with Gasteiger partial charge < -0.3 is 9.52 Å². The number of rotatable bonds is 3. The van der Waals surface area contributed by atoms with Crippen molar-refractivity contribution in [2.45, 2.75) is 20.3 Å². The molecule has 0 saturated carbocycles. The summed E-state index contributed by atoms with van der Waals surface area (Å²) in [6.07, 6.45) is 0.721. The molecule has 2 aromatic rings. The Balaban J connectivity index is 2.42. The molecule has 0 amide bonds. The highest BCUT2D eigenvalue weighted by Crippen LogP contribution is 2.16. The Morgan fingerprint density at radius 3 is 2.81 bits per heavy atom. The molecule has 5 heteroatoms. The molecule has 0 spiro atoms. The maximum atomic E-state index is 10.7. The molecule has 0 unspecified atom stereocenters. The molecule has 0 radical (unpaired) electrons.